The number of carbonyl (C=O) groups excluding carboxylic acids is 1. The van der Waals surface area contributed by atoms with Gasteiger partial charge >= 0.3 is 0 Å². The van der Waals surface area contributed by atoms with Crippen LogP contribution in [-0.2, 0) is 10.0 Å². The summed E-state index contributed by atoms with van der Waals surface area (Å²) in [6.07, 6.45) is 1.71. The summed E-state index contributed by atoms with van der Waals surface area (Å²) >= 11 is 0. The molecular formula is C25H27N3O3S. The highest BCUT2D eigenvalue weighted by atomic mass is 32.2. The van der Waals surface area contributed by atoms with E-state index in [0.717, 1.165) is 18.5 Å². The molecule has 0 bridgehead atoms. The topological polar surface area (TPSA) is 87.3 Å². The van der Waals surface area contributed by atoms with Crippen LogP contribution in [-0.4, -0.2) is 20.4 Å². The molecule has 6 nitrogen and oxygen atoms in total. The van der Waals surface area contributed by atoms with Crippen LogP contribution in [0, 0.1) is 6.92 Å². The Labute approximate surface area is 189 Å². The van der Waals surface area contributed by atoms with E-state index in [1.807, 2.05) is 42.5 Å². The number of sulfonamides is 1. The van der Waals surface area contributed by atoms with Crippen molar-refractivity contribution < 1.29 is 13.2 Å². The number of nitrogens with one attached hydrogen (secondary N) is 3. The van der Waals surface area contributed by atoms with Crippen LogP contribution in [0.25, 0.3) is 0 Å². The van der Waals surface area contributed by atoms with Gasteiger partial charge in [-0.25, -0.2) is 13.1 Å². The summed E-state index contributed by atoms with van der Waals surface area (Å²) in [5.74, 6) is -0.343. The Morgan fingerprint density at radius 2 is 1.59 bits per heavy atom. The van der Waals surface area contributed by atoms with E-state index in [0.29, 0.717) is 16.8 Å². The molecule has 1 aliphatic carbocycles. The van der Waals surface area contributed by atoms with Crippen molar-refractivity contribution in [2.45, 2.75) is 43.7 Å². The molecule has 1 fully saturated rings. The molecule has 3 N–H and O–H groups in total. The molecule has 1 aliphatic rings. The molecule has 32 heavy (non-hydrogen) atoms. The Kier molecular flexibility index (Phi) is 6.30. The number of aryl methyl sites for hydroxylation is 1. The van der Waals surface area contributed by atoms with E-state index in [9.17, 15) is 13.2 Å². The molecular weight excluding hydrogens is 422 g/mol. The molecule has 7 heteroatoms. The fourth-order valence-electron chi connectivity index (χ4n) is 3.42. The molecule has 0 spiro atoms. The van der Waals surface area contributed by atoms with Crippen molar-refractivity contribution in [3.8, 4) is 0 Å². The van der Waals surface area contributed by atoms with Crippen molar-refractivity contribution >= 4 is 27.3 Å². The van der Waals surface area contributed by atoms with Gasteiger partial charge in [0.05, 0.1) is 4.90 Å². The maximum absolute atomic E-state index is 12.9. The van der Waals surface area contributed by atoms with Gasteiger partial charge in [0, 0.05) is 29.0 Å². The Morgan fingerprint density at radius 3 is 2.25 bits per heavy atom. The lowest BCUT2D eigenvalue weighted by atomic mass is 10.1. The Hall–Kier alpha value is -3.16. The third-order valence-corrected chi connectivity index (χ3v) is 7.01. The molecule has 1 amide bonds. The van der Waals surface area contributed by atoms with Crippen molar-refractivity contribution in [1.82, 2.24) is 4.72 Å². The molecule has 4 rings (SSSR count). The lowest BCUT2D eigenvalue weighted by Gasteiger charge is -2.16. The summed E-state index contributed by atoms with van der Waals surface area (Å²) in [5, 5.41) is 6.30. The van der Waals surface area contributed by atoms with Gasteiger partial charge in [-0.3, -0.25) is 4.79 Å². The average Bonchev–Trinajstić information content (AvgIpc) is 3.59. The maximum atomic E-state index is 12.9. The maximum Gasteiger partial charge on any atom is 0.255 e. The van der Waals surface area contributed by atoms with Crippen LogP contribution in [0.4, 0.5) is 11.4 Å². The molecule has 0 heterocycles. The van der Waals surface area contributed by atoms with Crippen LogP contribution < -0.4 is 15.4 Å². The molecule has 1 unspecified atom stereocenters. The largest absolute Gasteiger partial charge is 0.379 e. The molecule has 0 radical (unpaired) electrons. The molecule has 166 valence electrons. The van der Waals surface area contributed by atoms with Crippen molar-refractivity contribution in [2.75, 3.05) is 10.6 Å². The van der Waals surface area contributed by atoms with E-state index >= 15 is 0 Å². The number of rotatable bonds is 8. The van der Waals surface area contributed by atoms with Gasteiger partial charge in [-0.2, -0.15) is 0 Å². The number of benzene rings is 3. The second kappa shape index (κ2) is 9.14. The molecule has 0 aliphatic heterocycles. The van der Waals surface area contributed by atoms with E-state index in [1.165, 1.54) is 17.7 Å². The summed E-state index contributed by atoms with van der Waals surface area (Å²) in [4.78, 5) is 13.0. The quantitative estimate of drug-likeness (QED) is 0.458. The highest BCUT2D eigenvalue weighted by molar-refractivity contribution is 7.89. The van der Waals surface area contributed by atoms with E-state index in [-0.39, 0.29) is 22.9 Å². The summed E-state index contributed by atoms with van der Waals surface area (Å²) < 4.78 is 27.7. The summed E-state index contributed by atoms with van der Waals surface area (Å²) in [5.41, 5.74) is 3.81. The minimum atomic E-state index is -3.62. The van der Waals surface area contributed by atoms with Gasteiger partial charge in [-0.1, -0.05) is 36.4 Å². The third kappa shape index (κ3) is 5.36. The van der Waals surface area contributed by atoms with Crippen LogP contribution in [0.15, 0.2) is 77.7 Å². The number of anilines is 2. The van der Waals surface area contributed by atoms with Crippen LogP contribution in [0.2, 0.25) is 0 Å². The molecule has 0 saturated heterocycles. The molecule has 1 atom stereocenters. The standard InChI is InChI=1S/C25H27N3O3S/c1-17-8-15-23(32(30,31)28-22-13-14-22)16-24(17)25(29)27-21-11-9-20(10-12-21)26-18(2)19-6-4-3-5-7-19/h3-12,15-16,18,22,26,28H,13-14H2,1-2H3,(H,27,29). The number of carbonyl (C=O) groups is 1. The van der Waals surface area contributed by atoms with E-state index in [1.54, 1.807) is 13.0 Å². The van der Waals surface area contributed by atoms with Gasteiger partial charge < -0.3 is 10.6 Å². The molecule has 3 aromatic carbocycles. The van der Waals surface area contributed by atoms with Gasteiger partial charge in [0.25, 0.3) is 5.91 Å². The first-order valence-corrected chi connectivity index (χ1v) is 12.2. The van der Waals surface area contributed by atoms with Gasteiger partial charge in [-0.15, -0.1) is 0 Å². The lowest BCUT2D eigenvalue weighted by Crippen LogP contribution is -2.26. The van der Waals surface area contributed by atoms with Gasteiger partial charge in [-0.05, 0) is 74.2 Å². The Bertz CT molecular complexity index is 1200. The average molecular weight is 450 g/mol. The smallest absolute Gasteiger partial charge is 0.255 e. The van der Waals surface area contributed by atoms with Crippen LogP contribution in [0.1, 0.15) is 47.3 Å². The Balaban J connectivity index is 1.44. The Morgan fingerprint density at radius 1 is 0.938 bits per heavy atom. The zero-order chi connectivity index (χ0) is 22.7. The number of hydrogen-bond acceptors (Lipinski definition) is 4. The number of hydrogen-bond donors (Lipinski definition) is 3. The van der Waals surface area contributed by atoms with Gasteiger partial charge in [0.15, 0.2) is 0 Å². The van der Waals surface area contributed by atoms with Crippen LogP contribution >= 0.6 is 0 Å². The van der Waals surface area contributed by atoms with Gasteiger partial charge in [0.1, 0.15) is 0 Å². The highest BCUT2D eigenvalue weighted by Gasteiger charge is 2.28. The van der Waals surface area contributed by atoms with Crippen LogP contribution in [0.3, 0.4) is 0 Å². The van der Waals surface area contributed by atoms with Crippen molar-refractivity contribution in [3.63, 3.8) is 0 Å². The molecule has 0 aromatic heterocycles. The molecule has 1 saturated carbocycles. The second-order valence-corrected chi connectivity index (χ2v) is 9.89. The number of amides is 1. The highest BCUT2D eigenvalue weighted by Crippen LogP contribution is 2.24. The van der Waals surface area contributed by atoms with E-state index in [4.69, 9.17) is 0 Å². The lowest BCUT2D eigenvalue weighted by molar-refractivity contribution is 0.102. The normalized spacial score (nSPS) is 14.6. The zero-order valence-corrected chi connectivity index (χ0v) is 18.9. The first-order chi connectivity index (χ1) is 15.3. The predicted molar refractivity (Wildman–Crippen MR) is 127 cm³/mol. The zero-order valence-electron chi connectivity index (χ0n) is 18.1. The monoisotopic (exact) mass is 449 g/mol. The third-order valence-electron chi connectivity index (χ3n) is 5.49. The van der Waals surface area contributed by atoms with Crippen LogP contribution in [0.5, 0.6) is 0 Å². The SMILES string of the molecule is Cc1ccc(S(=O)(=O)NC2CC2)cc1C(=O)Nc1ccc(NC(C)c2ccccc2)cc1. The van der Waals surface area contributed by atoms with Crippen molar-refractivity contribution in [2.24, 2.45) is 0 Å². The second-order valence-electron chi connectivity index (χ2n) is 8.18. The predicted octanol–water partition coefficient (Wildman–Crippen LogP) is 4.86. The molecule has 3 aromatic rings. The van der Waals surface area contributed by atoms with E-state index < -0.39 is 10.0 Å². The first kappa shape index (κ1) is 22.0. The fourth-order valence-corrected chi connectivity index (χ4v) is 4.76. The summed E-state index contributed by atoms with van der Waals surface area (Å²) in [6.45, 7) is 3.88. The van der Waals surface area contributed by atoms with Crippen molar-refractivity contribution in [3.05, 3.63) is 89.5 Å². The van der Waals surface area contributed by atoms with Gasteiger partial charge in [0.2, 0.25) is 10.0 Å². The summed E-state index contributed by atoms with van der Waals surface area (Å²) in [7, 11) is -3.62. The first-order valence-electron chi connectivity index (χ1n) is 10.7. The van der Waals surface area contributed by atoms with Crippen molar-refractivity contribution in [1.29, 1.82) is 0 Å². The van der Waals surface area contributed by atoms with E-state index in [2.05, 4.69) is 34.4 Å². The minimum Gasteiger partial charge on any atom is -0.379 e. The minimum absolute atomic E-state index is 0.00955. The summed E-state index contributed by atoms with van der Waals surface area (Å²) in [6, 6.07) is 22.4. The fraction of sp³-hybridized carbons (Fsp3) is 0.240.